The Morgan fingerprint density at radius 2 is 1.96 bits per heavy atom. The van der Waals surface area contributed by atoms with Gasteiger partial charge in [0.15, 0.2) is 17.2 Å². The van der Waals surface area contributed by atoms with Crippen LogP contribution in [0.4, 0.5) is 0 Å². The minimum Gasteiger partial charge on any atom is -0.493 e. The van der Waals surface area contributed by atoms with Gasteiger partial charge in [-0.2, -0.15) is 0 Å². The summed E-state index contributed by atoms with van der Waals surface area (Å²) in [4.78, 5) is 16.5. The highest BCUT2D eigenvalue weighted by molar-refractivity contribution is 6.13. The van der Waals surface area contributed by atoms with E-state index in [0.717, 1.165) is 16.7 Å². The molecule has 2 aromatic carbocycles. The number of benzene rings is 2. The van der Waals surface area contributed by atoms with E-state index in [4.69, 9.17) is 14.2 Å². The Hall–Kier alpha value is -3.08. The van der Waals surface area contributed by atoms with Crippen LogP contribution >= 0.6 is 0 Å². The van der Waals surface area contributed by atoms with Gasteiger partial charge >= 0.3 is 5.97 Å². The van der Waals surface area contributed by atoms with E-state index in [1.54, 1.807) is 19.3 Å². The molecule has 0 unspecified atom stereocenters. The first kappa shape index (κ1) is 16.8. The third-order valence-electron chi connectivity index (χ3n) is 3.79. The summed E-state index contributed by atoms with van der Waals surface area (Å²) in [6.45, 7) is 4.37. The Morgan fingerprint density at radius 3 is 2.68 bits per heavy atom. The van der Waals surface area contributed by atoms with Crippen molar-refractivity contribution < 1.29 is 19.0 Å². The number of ether oxygens (including phenoxy) is 3. The van der Waals surface area contributed by atoms with Crippen molar-refractivity contribution in [2.24, 2.45) is 4.99 Å². The van der Waals surface area contributed by atoms with Gasteiger partial charge in [-0.25, -0.2) is 9.79 Å². The smallest absolute Gasteiger partial charge is 0.363 e. The lowest BCUT2D eigenvalue weighted by Gasteiger charge is -2.09. The van der Waals surface area contributed by atoms with Crippen LogP contribution in [0, 0.1) is 6.92 Å². The van der Waals surface area contributed by atoms with Crippen LogP contribution in [0.25, 0.3) is 6.08 Å². The van der Waals surface area contributed by atoms with Crippen molar-refractivity contribution in [1.82, 2.24) is 0 Å². The molecule has 0 aliphatic carbocycles. The van der Waals surface area contributed by atoms with Gasteiger partial charge in [0.05, 0.1) is 13.7 Å². The van der Waals surface area contributed by atoms with Crippen molar-refractivity contribution in [2.75, 3.05) is 13.7 Å². The zero-order valence-electron chi connectivity index (χ0n) is 14.4. The van der Waals surface area contributed by atoms with Crippen molar-refractivity contribution in [1.29, 1.82) is 0 Å². The van der Waals surface area contributed by atoms with E-state index in [2.05, 4.69) is 4.99 Å². The van der Waals surface area contributed by atoms with Crippen LogP contribution in [-0.4, -0.2) is 25.6 Å². The molecule has 0 aromatic heterocycles. The van der Waals surface area contributed by atoms with Crippen LogP contribution in [0.5, 0.6) is 11.5 Å². The molecular weight excluding hydrogens is 318 g/mol. The topological polar surface area (TPSA) is 57.1 Å². The summed E-state index contributed by atoms with van der Waals surface area (Å²) in [6.07, 6.45) is 1.68. The van der Waals surface area contributed by atoms with Gasteiger partial charge in [0.25, 0.3) is 0 Å². The summed E-state index contributed by atoms with van der Waals surface area (Å²) in [5.41, 5.74) is 2.85. The molecule has 1 aliphatic rings. The summed E-state index contributed by atoms with van der Waals surface area (Å²) in [7, 11) is 1.59. The fraction of sp³-hybridized carbons (Fsp3) is 0.200. The maximum atomic E-state index is 12.1. The molecule has 0 saturated heterocycles. The summed E-state index contributed by atoms with van der Waals surface area (Å²) in [5.74, 6) is 1.12. The number of carbonyl (C=O) groups excluding carboxylic acids is 1. The highest BCUT2D eigenvalue weighted by Gasteiger charge is 2.25. The lowest BCUT2D eigenvalue weighted by Crippen LogP contribution is -2.06. The number of rotatable bonds is 5. The van der Waals surface area contributed by atoms with Crippen LogP contribution in [-0.2, 0) is 9.53 Å². The molecule has 2 aromatic rings. The minimum absolute atomic E-state index is 0.255. The molecule has 0 amide bonds. The second-order valence-electron chi connectivity index (χ2n) is 5.49. The first-order valence-electron chi connectivity index (χ1n) is 8.01. The van der Waals surface area contributed by atoms with Crippen molar-refractivity contribution in [2.45, 2.75) is 13.8 Å². The number of hydrogen-bond acceptors (Lipinski definition) is 5. The Morgan fingerprint density at radius 1 is 1.16 bits per heavy atom. The van der Waals surface area contributed by atoms with Crippen molar-refractivity contribution in [3.05, 3.63) is 64.9 Å². The molecule has 1 heterocycles. The number of hydrogen-bond donors (Lipinski definition) is 0. The summed E-state index contributed by atoms with van der Waals surface area (Å²) in [5, 5.41) is 0. The number of aryl methyl sites for hydroxylation is 1. The van der Waals surface area contributed by atoms with Gasteiger partial charge < -0.3 is 14.2 Å². The lowest BCUT2D eigenvalue weighted by molar-refractivity contribution is -0.129. The Labute approximate surface area is 146 Å². The molecule has 5 nitrogen and oxygen atoms in total. The van der Waals surface area contributed by atoms with E-state index >= 15 is 0 Å². The molecule has 0 fully saturated rings. The fourth-order valence-corrected chi connectivity index (χ4v) is 2.55. The quantitative estimate of drug-likeness (QED) is 0.616. The molecular formula is C20H19NO4. The number of methoxy groups -OCH3 is 1. The van der Waals surface area contributed by atoms with Crippen molar-refractivity contribution in [3.63, 3.8) is 0 Å². The molecule has 0 atom stereocenters. The maximum Gasteiger partial charge on any atom is 0.363 e. The second-order valence-corrected chi connectivity index (χ2v) is 5.49. The predicted octanol–water partition coefficient (Wildman–Crippen LogP) is 3.75. The van der Waals surface area contributed by atoms with Gasteiger partial charge in [-0.15, -0.1) is 0 Å². The number of nitrogens with zero attached hydrogens (tertiary/aromatic N) is 1. The van der Waals surface area contributed by atoms with Gasteiger partial charge in [-0.3, -0.25) is 0 Å². The fourth-order valence-electron chi connectivity index (χ4n) is 2.55. The van der Waals surface area contributed by atoms with E-state index in [1.165, 1.54) is 0 Å². The first-order chi connectivity index (χ1) is 12.1. The molecule has 0 spiro atoms. The molecule has 0 saturated carbocycles. The standard InChI is InChI=1S/C20H19NO4/c1-4-24-18-12-14(9-10-17(18)23-3)11-16-20(22)25-19(21-16)15-8-6-5-7-13(15)2/h5-12H,4H2,1-3H3/b16-11-. The Bertz CT molecular complexity index is 868. The largest absolute Gasteiger partial charge is 0.493 e. The molecule has 0 bridgehead atoms. The molecule has 0 radical (unpaired) electrons. The number of carbonyl (C=O) groups is 1. The second kappa shape index (κ2) is 7.21. The van der Waals surface area contributed by atoms with Crippen molar-refractivity contribution in [3.8, 4) is 11.5 Å². The first-order valence-corrected chi connectivity index (χ1v) is 8.01. The SMILES string of the molecule is CCOc1cc(/C=C2\N=C(c3ccccc3C)OC2=O)ccc1OC. The van der Waals surface area contributed by atoms with Crippen LogP contribution in [0.1, 0.15) is 23.6 Å². The molecule has 1 aliphatic heterocycles. The highest BCUT2D eigenvalue weighted by atomic mass is 16.6. The lowest BCUT2D eigenvalue weighted by atomic mass is 10.1. The zero-order valence-corrected chi connectivity index (χ0v) is 14.4. The minimum atomic E-state index is -0.466. The zero-order chi connectivity index (χ0) is 17.8. The molecule has 0 N–H and O–H groups in total. The average molecular weight is 337 g/mol. The van der Waals surface area contributed by atoms with E-state index in [1.807, 2.05) is 50.2 Å². The normalized spacial score (nSPS) is 15.1. The van der Waals surface area contributed by atoms with E-state index in [0.29, 0.717) is 24.0 Å². The third kappa shape index (κ3) is 3.55. The third-order valence-corrected chi connectivity index (χ3v) is 3.79. The number of cyclic esters (lactones) is 1. The van der Waals surface area contributed by atoms with Gasteiger partial charge in [0.2, 0.25) is 5.90 Å². The number of esters is 1. The van der Waals surface area contributed by atoms with Gasteiger partial charge in [-0.1, -0.05) is 24.3 Å². The number of aliphatic imine (C=N–C) groups is 1. The summed E-state index contributed by atoms with van der Waals surface area (Å²) < 4.78 is 16.1. The Balaban J connectivity index is 1.94. The van der Waals surface area contributed by atoms with E-state index < -0.39 is 5.97 Å². The van der Waals surface area contributed by atoms with Crippen LogP contribution in [0.15, 0.2) is 53.2 Å². The molecule has 5 heteroatoms. The van der Waals surface area contributed by atoms with Crippen LogP contribution in [0.3, 0.4) is 0 Å². The predicted molar refractivity (Wildman–Crippen MR) is 95.9 cm³/mol. The van der Waals surface area contributed by atoms with E-state index in [9.17, 15) is 4.79 Å². The van der Waals surface area contributed by atoms with Gasteiger partial charge in [-0.05, 0) is 49.2 Å². The molecule has 128 valence electrons. The average Bonchev–Trinajstić information content (AvgIpc) is 2.96. The molecule has 25 heavy (non-hydrogen) atoms. The van der Waals surface area contributed by atoms with Gasteiger partial charge in [0, 0.05) is 5.56 Å². The van der Waals surface area contributed by atoms with Crippen LogP contribution < -0.4 is 9.47 Å². The summed E-state index contributed by atoms with van der Waals surface area (Å²) in [6, 6.07) is 13.1. The van der Waals surface area contributed by atoms with Crippen LogP contribution in [0.2, 0.25) is 0 Å². The van der Waals surface area contributed by atoms with Gasteiger partial charge in [0.1, 0.15) is 0 Å². The monoisotopic (exact) mass is 337 g/mol. The maximum absolute atomic E-state index is 12.1. The summed E-state index contributed by atoms with van der Waals surface area (Å²) >= 11 is 0. The molecule has 3 rings (SSSR count). The Kier molecular flexibility index (Phi) is 4.84. The highest BCUT2D eigenvalue weighted by Crippen LogP contribution is 2.29. The van der Waals surface area contributed by atoms with Crippen molar-refractivity contribution >= 4 is 17.9 Å². The van der Waals surface area contributed by atoms with E-state index in [-0.39, 0.29) is 5.70 Å².